The minimum absolute atomic E-state index is 0.174. The first-order valence-corrected chi connectivity index (χ1v) is 10.4. The average molecular weight is 425 g/mol. The highest BCUT2D eigenvalue weighted by molar-refractivity contribution is 5.82. The van der Waals surface area contributed by atoms with Crippen molar-refractivity contribution >= 4 is 10.9 Å². The van der Waals surface area contributed by atoms with E-state index in [2.05, 4.69) is 9.88 Å². The van der Waals surface area contributed by atoms with E-state index in [1.807, 2.05) is 12.1 Å². The molecule has 0 atom stereocenters. The molecule has 0 bridgehead atoms. The lowest BCUT2D eigenvalue weighted by Crippen LogP contribution is -2.37. The number of rotatable bonds is 8. The topological polar surface area (TPSA) is 75.1 Å². The van der Waals surface area contributed by atoms with Gasteiger partial charge >= 0.3 is 0 Å². The van der Waals surface area contributed by atoms with Gasteiger partial charge in [0.2, 0.25) is 0 Å². The Bertz CT molecular complexity index is 1080. The van der Waals surface area contributed by atoms with Crippen molar-refractivity contribution in [1.29, 1.82) is 0 Å². The Balaban J connectivity index is 1.52. The van der Waals surface area contributed by atoms with Gasteiger partial charge in [0.1, 0.15) is 12.1 Å². The molecule has 1 saturated heterocycles. The SMILES string of the molecule is COc1ccc(-n2cnc3cc(OCCCN4CCOCC4)c(OC)cc3c2=O)cc1. The zero-order valence-electron chi connectivity index (χ0n) is 17.9. The van der Waals surface area contributed by atoms with Crippen molar-refractivity contribution < 1.29 is 18.9 Å². The molecule has 8 nitrogen and oxygen atoms in total. The Kier molecular flexibility index (Phi) is 6.69. The fourth-order valence-corrected chi connectivity index (χ4v) is 3.62. The molecule has 164 valence electrons. The molecular weight excluding hydrogens is 398 g/mol. The highest BCUT2D eigenvalue weighted by Gasteiger charge is 2.14. The van der Waals surface area contributed by atoms with Gasteiger partial charge in [-0.05, 0) is 36.8 Å². The Morgan fingerprint density at radius 2 is 1.81 bits per heavy atom. The van der Waals surface area contributed by atoms with Crippen LogP contribution in [0.5, 0.6) is 17.2 Å². The summed E-state index contributed by atoms with van der Waals surface area (Å²) in [6.07, 6.45) is 2.43. The van der Waals surface area contributed by atoms with Crippen LogP contribution >= 0.6 is 0 Å². The van der Waals surface area contributed by atoms with Crippen molar-refractivity contribution in [2.75, 3.05) is 53.7 Å². The van der Waals surface area contributed by atoms with Gasteiger partial charge in [0, 0.05) is 25.7 Å². The van der Waals surface area contributed by atoms with Crippen LogP contribution in [0.2, 0.25) is 0 Å². The second-order valence-electron chi connectivity index (χ2n) is 7.29. The number of methoxy groups -OCH3 is 2. The summed E-state index contributed by atoms with van der Waals surface area (Å²) in [4.78, 5) is 19.9. The quantitative estimate of drug-likeness (QED) is 0.514. The molecule has 4 rings (SSSR count). The molecule has 1 fully saturated rings. The number of hydrogen-bond acceptors (Lipinski definition) is 7. The number of ether oxygens (including phenoxy) is 4. The Labute approximate surface area is 180 Å². The van der Waals surface area contributed by atoms with Crippen molar-refractivity contribution in [2.45, 2.75) is 6.42 Å². The van der Waals surface area contributed by atoms with Crippen molar-refractivity contribution in [2.24, 2.45) is 0 Å². The maximum atomic E-state index is 13.1. The van der Waals surface area contributed by atoms with Crippen LogP contribution in [0.1, 0.15) is 6.42 Å². The molecular formula is C23H27N3O5. The molecule has 8 heteroatoms. The van der Waals surface area contributed by atoms with Gasteiger partial charge in [0.25, 0.3) is 5.56 Å². The molecule has 0 spiro atoms. The number of nitrogens with zero attached hydrogens (tertiary/aromatic N) is 3. The van der Waals surface area contributed by atoms with E-state index in [4.69, 9.17) is 18.9 Å². The molecule has 0 saturated carbocycles. The molecule has 1 aliphatic heterocycles. The normalized spacial score (nSPS) is 14.5. The summed E-state index contributed by atoms with van der Waals surface area (Å²) in [6, 6.07) is 10.7. The van der Waals surface area contributed by atoms with E-state index in [0.717, 1.165) is 45.0 Å². The average Bonchev–Trinajstić information content (AvgIpc) is 2.82. The van der Waals surface area contributed by atoms with E-state index in [-0.39, 0.29) is 5.56 Å². The van der Waals surface area contributed by atoms with Crippen molar-refractivity contribution in [3.63, 3.8) is 0 Å². The van der Waals surface area contributed by atoms with Crippen LogP contribution in [0.3, 0.4) is 0 Å². The molecule has 0 amide bonds. The van der Waals surface area contributed by atoms with Crippen LogP contribution in [0.4, 0.5) is 0 Å². The van der Waals surface area contributed by atoms with Gasteiger partial charge in [0.15, 0.2) is 11.5 Å². The van der Waals surface area contributed by atoms with Crippen molar-refractivity contribution in [1.82, 2.24) is 14.5 Å². The van der Waals surface area contributed by atoms with Crippen LogP contribution in [0, 0.1) is 0 Å². The van der Waals surface area contributed by atoms with Crippen molar-refractivity contribution in [3.05, 3.63) is 53.1 Å². The van der Waals surface area contributed by atoms with Crippen LogP contribution < -0.4 is 19.8 Å². The maximum absolute atomic E-state index is 13.1. The molecule has 31 heavy (non-hydrogen) atoms. The lowest BCUT2D eigenvalue weighted by Gasteiger charge is -2.26. The van der Waals surface area contributed by atoms with Gasteiger partial charge in [0.05, 0.1) is 50.6 Å². The Morgan fingerprint density at radius 3 is 2.52 bits per heavy atom. The lowest BCUT2D eigenvalue weighted by molar-refractivity contribution is 0.0357. The Hall–Kier alpha value is -3.10. The van der Waals surface area contributed by atoms with E-state index in [9.17, 15) is 4.79 Å². The minimum atomic E-state index is -0.174. The van der Waals surface area contributed by atoms with E-state index in [1.165, 1.54) is 10.9 Å². The second-order valence-corrected chi connectivity index (χ2v) is 7.29. The first kappa shape index (κ1) is 21.1. The molecule has 1 aromatic heterocycles. The zero-order valence-corrected chi connectivity index (χ0v) is 17.9. The van der Waals surface area contributed by atoms with Crippen molar-refractivity contribution in [3.8, 4) is 22.9 Å². The monoisotopic (exact) mass is 425 g/mol. The largest absolute Gasteiger partial charge is 0.497 e. The van der Waals surface area contributed by atoms with Crippen LogP contribution in [-0.2, 0) is 4.74 Å². The summed E-state index contributed by atoms with van der Waals surface area (Å²) < 4.78 is 23.5. The predicted octanol–water partition coefficient (Wildman–Crippen LogP) is 2.50. The number of aromatic nitrogens is 2. The predicted molar refractivity (Wildman–Crippen MR) is 118 cm³/mol. The molecule has 3 aromatic rings. The van der Waals surface area contributed by atoms with Gasteiger partial charge in [-0.3, -0.25) is 14.3 Å². The molecule has 0 aliphatic carbocycles. The van der Waals surface area contributed by atoms with E-state index in [0.29, 0.717) is 34.7 Å². The number of morpholine rings is 1. The second kappa shape index (κ2) is 9.80. The summed E-state index contributed by atoms with van der Waals surface area (Å²) >= 11 is 0. The zero-order chi connectivity index (χ0) is 21.6. The third-order valence-electron chi connectivity index (χ3n) is 5.37. The summed E-state index contributed by atoms with van der Waals surface area (Å²) in [5.74, 6) is 1.83. The third kappa shape index (κ3) is 4.81. The standard InChI is InChI=1S/C23H27N3O5/c1-28-18-6-4-17(5-7-18)26-16-24-20-15-22(21(29-2)14-19(20)23(26)27)31-11-3-8-25-9-12-30-13-10-25/h4-7,14-16H,3,8-13H2,1-2H3. The van der Waals surface area contributed by atoms with Gasteiger partial charge in [-0.15, -0.1) is 0 Å². The van der Waals surface area contributed by atoms with E-state index in [1.54, 1.807) is 38.5 Å². The molecule has 2 heterocycles. The summed E-state index contributed by atoms with van der Waals surface area (Å²) in [7, 11) is 3.17. The first-order chi connectivity index (χ1) is 15.2. The fraction of sp³-hybridized carbons (Fsp3) is 0.391. The van der Waals surface area contributed by atoms with Gasteiger partial charge < -0.3 is 18.9 Å². The number of fused-ring (bicyclic) bond motifs is 1. The summed E-state index contributed by atoms with van der Waals surface area (Å²) in [5.41, 5.74) is 1.11. The molecule has 2 aromatic carbocycles. The summed E-state index contributed by atoms with van der Waals surface area (Å²) in [5, 5.41) is 0.468. The Morgan fingerprint density at radius 1 is 1.03 bits per heavy atom. The van der Waals surface area contributed by atoms with Crippen LogP contribution in [-0.4, -0.2) is 68.1 Å². The van der Waals surface area contributed by atoms with E-state index >= 15 is 0 Å². The number of benzene rings is 2. The summed E-state index contributed by atoms with van der Waals surface area (Å²) in [6.45, 7) is 5.03. The molecule has 1 aliphatic rings. The van der Waals surface area contributed by atoms with Crippen LogP contribution in [0.15, 0.2) is 47.5 Å². The van der Waals surface area contributed by atoms with E-state index < -0.39 is 0 Å². The first-order valence-electron chi connectivity index (χ1n) is 10.4. The van der Waals surface area contributed by atoms with Crippen LogP contribution in [0.25, 0.3) is 16.6 Å². The lowest BCUT2D eigenvalue weighted by atomic mass is 10.2. The van der Waals surface area contributed by atoms with Gasteiger partial charge in [-0.25, -0.2) is 4.98 Å². The number of hydrogen-bond donors (Lipinski definition) is 0. The highest BCUT2D eigenvalue weighted by atomic mass is 16.5. The van der Waals surface area contributed by atoms with Gasteiger partial charge in [-0.1, -0.05) is 0 Å². The fourth-order valence-electron chi connectivity index (χ4n) is 3.62. The molecule has 0 unspecified atom stereocenters. The van der Waals surface area contributed by atoms with Gasteiger partial charge in [-0.2, -0.15) is 0 Å². The third-order valence-corrected chi connectivity index (χ3v) is 5.37. The minimum Gasteiger partial charge on any atom is -0.497 e. The maximum Gasteiger partial charge on any atom is 0.265 e. The highest BCUT2D eigenvalue weighted by Crippen LogP contribution is 2.30. The molecule has 0 radical (unpaired) electrons. The molecule has 0 N–H and O–H groups in total. The smallest absolute Gasteiger partial charge is 0.265 e.